The predicted octanol–water partition coefficient (Wildman–Crippen LogP) is 8.02. The number of carbonyl (C=O) groups is 4. The van der Waals surface area contributed by atoms with E-state index in [-0.39, 0.29) is 32.3 Å². The van der Waals surface area contributed by atoms with Crippen molar-refractivity contribution in [1.82, 2.24) is 10.6 Å². The lowest BCUT2D eigenvalue weighted by Crippen LogP contribution is -2.32. The molecule has 0 saturated carbocycles. The summed E-state index contributed by atoms with van der Waals surface area (Å²) in [5.74, 6) is -2.23. The minimum Gasteiger partial charge on any atom is -0.756 e. The first-order valence-corrected chi connectivity index (χ1v) is 23.6. The zero-order chi connectivity index (χ0) is 42.2. The van der Waals surface area contributed by atoms with E-state index in [9.17, 15) is 28.6 Å². The summed E-state index contributed by atoms with van der Waals surface area (Å²) < 4.78 is 44.1. The van der Waals surface area contributed by atoms with Crippen LogP contribution < -0.4 is 15.5 Å². The molecular formula is C42H80N2O12P-. The van der Waals surface area contributed by atoms with Gasteiger partial charge in [-0.15, -0.1) is 0 Å². The Kier molecular flexibility index (Phi) is 37.9. The molecule has 0 aromatic rings. The normalized spacial score (nSPS) is 13.4. The molecular weight excluding hydrogens is 755 g/mol. The highest BCUT2D eigenvalue weighted by Gasteiger charge is 2.24. The molecule has 2 N–H and O–H groups in total. The molecule has 0 heterocycles. The molecule has 14 nitrogen and oxygen atoms in total. The quantitative estimate of drug-likeness (QED) is 0.0260. The second kappa shape index (κ2) is 39.4. The van der Waals surface area contributed by atoms with Gasteiger partial charge in [0.25, 0.3) is 7.82 Å². The number of phosphoric ester groups is 1. The monoisotopic (exact) mass is 836 g/mol. The Morgan fingerprint density at radius 2 is 0.754 bits per heavy atom. The van der Waals surface area contributed by atoms with Crippen molar-refractivity contribution < 1.29 is 56.6 Å². The van der Waals surface area contributed by atoms with Gasteiger partial charge in [0.05, 0.1) is 26.1 Å². The number of nitrogens with one attached hydrogen (secondary N) is 2. The van der Waals surface area contributed by atoms with Crippen LogP contribution in [0.25, 0.3) is 0 Å². The van der Waals surface area contributed by atoms with Gasteiger partial charge in [-0.25, -0.2) is 0 Å². The Hall–Kier alpha value is -2.09. The van der Waals surface area contributed by atoms with Gasteiger partial charge < -0.3 is 43.5 Å². The van der Waals surface area contributed by atoms with Crippen molar-refractivity contribution >= 4 is 31.7 Å². The molecule has 0 aliphatic carbocycles. The molecule has 3 atom stereocenters. The summed E-state index contributed by atoms with van der Waals surface area (Å²) in [5, 5.41) is 5.63. The van der Waals surface area contributed by atoms with E-state index < -0.39 is 63.7 Å². The van der Waals surface area contributed by atoms with E-state index >= 15 is 0 Å². The molecule has 0 amide bonds. The van der Waals surface area contributed by atoms with Gasteiger partial charge in [0.15, 0.2) is 12.2 Å². The number of hydrogen-bond acceptors (Lipinski definition) is 14. The van der Waals surface area contributed by atoms with Crippen LogP contribution in [0.1, 0.15) is 181 Å². The molecule has 0 bridgehead atoms. The summed E-state index contributed by atoms with van der Waals surface area (Å²) in [6.45, 7) is 2.98. The maximum atomic E-state index is 12.8. The van der Waals surface area contributed by atoms with E-state index in [0.29, 0.717) is 25.9 Å². The number of carbonyl (C=O) groups excluding carboxylic acids is 4. The van der Waals surface area contributed by atoms with Crippen LogP contribution in [-0.2, 0) is 51.7 Å². The Balaban J connectivity index is 5.02. The molecule has 336 valence electrons. The van der Waals surface area contributed by atoms with Crippen LogP contribution in [0, 0.1) is 0 Å². The van der Waals surface area contributed by atoms with Gasteiger partial charge >= 0.3 is 23.9 Å². The number of rotatable bonds is 42. The molecule has 0 aromatic carbocycles. The van der Waals surface area contributed by atoms with Crippen LogP contribution in [0.4, 0.5) is 0 Å². The van der Waals surface area contributed by atoms with Gasteiger partial charge in [0, 0.05) is 25.9 Å². The summed E-state index contributed by atoms with van der Waals surface area (Å²) in [6, 6.07) is 0. The molecule has 0 aromatic heterocycles. The van der Waals surface area contributed by atoms with Gasteiger partial charge in [-0.3, -0.25) is 23.7 Å². The number of phosphoric acid groups is 1. The molecule has 0 radical (unpaired) electrons. The highest BCUT2D eigenvalue weighted by Crippen LogP contribution is 2.38. The standard InChI is InChI=1S/C42H81N2O12P/c1-5-7-9-11-13-15-17-19-21-23-25-27-39(45)51-33-37(55-41(47)28-26-24-22-20-18-16-14-12-10-8-6-2)35-53-57(49,50)54-36-38(56-42(48)30-32-44-4)34-52-40(46)29-31-43-3/h37-38,43-44H,5-36H2,1-4H3,(H,49,50)/p-1/t37-,38?/m1/s1. The van der Waals surface area contributed by atoms with E-state index in [0.717, 1.165) is 38.5 Å². The van der Waals surface area contributed by atoms with Gasteiger partial charge in [-0.05, 0) is 26.9 Å². The minimum absolute atomic E-state index is 0.00352. The second-order valence-corrected chi connectivity index (χ2v) is 16.3. The first kappa shape index (κ1) is 54.9. The zero-order valence-corrected chi connectivity index (χ0v) is 37.0. The Morgan fingerprint density at radius 1 is 0.456 bits per heavy atom. The number of ether oxygens (including phenoxy) is 4. The summed E-state index contributed by atoms with van der Waals surface area (Å²) >= 11 is 0. The fourth-order valence-electron chi connectivity index (χ4n) is 5.95. The van der Waals surface area contributed by atoms with Crippen molar-refractivity contribution in [2.75, 3.05) is 53.6 Å². The van der Waals surface area contributed by atoms with Crippen molar-refractivity contribution in [2.45, 2.75) is 193 Å². The van der Waals surface area contributed by atoms with Crippen LogP contribution in [0.5, 0.6) is 0 Å². The molecule has 0 aliphatic heterocycles. The second-order valence-electron chi connectivity index (χ2n) is 14.9. The van der Waals surface area contributed by atoms with Crippen molar-refractivity contribution in [3.63, 3.8) is 0 Å². The maximum absolute atomic E-state index is 12.8. The third-order valence-electron chi connectivity index (χ3n) is 9.42. The third kappa shape index (κ3) is 37.9. The van der Waals surface area contributed by atoms with E-state index in [2.05, 4.69) is 24.5 Å². The third-order valence-corrected chi connectivity index (χ3v) is 10.4. The Bertz CT molecular complexity index is 1050. The molecule has 0 aliphatic rings. The fraction of sp³-hybridized carbons (Fsp3) is 0.905. The summed E-state index contributed by atoms with van der Waals surface area (Å²) in [4.78, 5) is 62.3. The highest BCUT2D eigenvalue weighted by atomic mass is 31.2. The van der Waals surface area contributed by atoms with Crippen molar-refractivity contribution in [2.24, 2.45) is 0 Å². The van der Waals surface area contributed by atoms with E-state index in [1.165, 1.54) is 89.9 Å². The average Bonchev–Trinajstić information content (AvgIpc) is 3.19. The fourth-order valence-corrected chi connectivity index (χ4v) is 6.72. The van der Waals surface area contributed by atoms with Crippen LogP contribution in [0.15, 0.2) is 0 Å². The average molecular weight is 836 g/mol. The van der Waals surface area contributed by atoms with Crippen LogP contribution in [0.2, 0.25) is 0 Å². The maximum Gasteiger partial charge on any atom is 0.307 e. The molecule has 0 fully saturated rings. The van der Waals surface area contributed by atoms with Gasteiger partial charge in [-0.2, -0.15) is 0 Å². The summed E-state index contributed by atoms with van der Waals surface area (Å²) in [7, 11) is -1.71. The predicted molar refractivity (Wildman–Crippen MR) is 220 cm³/mol. The molecule has 15 heteroatoms. The lowest BCUT2D eigenvalue weighted by molar-refractivity contribution is -0.231. The molecule has 0 saturated heterocycles. The SMILES string of the molecule is CCCCCCCCCCCCCC(=O)OC[C@H](COP(=O)([O-])OCC(COC(=O)CCNC)OC(=O)CCNC)OC(=O)CCCCCCCCCCCCC. The minimum atomic E-state index is -5.05. The van der Waals surface area contributed by atoms with Crippen LogP contribution in [0.3, 0.4) is 0 Å². The first-order valence-electron chi connectivity index (χ1n) is 22.2. The molecule has 0 spiro atoms. The smallest absolute Gasteiger partial charge is 0.307 e. The summed E-state index contributed by atoms with van der Waals surface area (Å²) in [6.07, 6.45) is 23.0. The van der Waals surface area contributed by atoms with E-state index in [4.69, 9.17) is 28.0 Å². The largest absolute Gasteiger partial charge is 0.756 e. The lowest BCUT2D eigenvalue weighted by atomic mass is 10.1. The van der Waals surface area contributed by atoms with Gasteiger partial charge in [-0.1, -0.05) is 142 Å². The topological polar surface area (TPSA) is 188 Å². The lowest BCUT2D eigenvalue weighted by Gasteiger charge is -2.27. The van der Waals surface area contributed by atoms with E-state index in [1.807, 2.05) is 0 Å². The Labute approximate surface area is 344 Å². The van der Waals surface area contributed by atoms with Crippen LogP contribution in [-0.4, -0.2) is 89.7 Å². The van der Waals surface area contributed by atoms with Gasteiger partial charge in [0.2, 0.25) is 0 Å². The number of hydrogen-bond donors (Lipinski definition) is 2. The molecule has 2 unspecified atom stereocenters. The zero-order valence-electron chi connectivity index (χ0n) is 36.1. The van der Waals surface area contributed by atoms with Crippen molar-refractivity contribution in [3.05, 3.63) is 0 Å². The van der Waals surface area contributed by atoms with Crippen LogP contribution >= 0.6 is 7.82 Å². The molecule has 57 heavy (non-hydrogen) atoms. The van der Waals surface area contributed by atoms with Crippen molar-refractivity contribution in [3.8, 4) is 0 Å². The first-order chi connectivity index (χ1) is 27.6. The number of esters is 4. The summed E-state index contributed by atoms with van der Waals surface area (Å²) in [5.41, 5.74) is 0. The molecule has 0 rings (SSSR count). The highest BCUT2D eigenvalue weighted by molar-refractivity contribution is 7.45. The van der Waals surface area contributed by atoms with Crippen molar-refractivity contribution in [1.29, 1.82) is 0 Å². The number of unbranched alkanes of at least 4 members (excludes halogenated alkanes) is 20. The Morgan fingerprint density at radius 3 is 1.12 bits per heavy atom. The van der Waals surface area contributed by atoms with E-state index in [1.54, 1.807) is 14.1 Å². The van der Waals surface area contributed by atoms with Gasteiger partial charge in [0.1, 0.15) is 13.2 Å².